The summed E-state index contributed by atoms with van der Waals surface area (Å²) in [7, 11) is 0. The molecular weight excluding hydrogens is 186 g/mol. The summed E-state index contributed by atoms with van der Waals surface area (Å²) >= 11 is 0. The molecule has 0 saturated heterocycles. The average Bonchev–Trinajstić information content (AvgIpc) is 2.95. The Morgan fingerprint density at radius 2 is 2.00 bits per heavy atom. The molecule has 0 unspecified atom stereocenters. The molecule has 2 nitrogen and oxygen atoms in total. The predicted molar refractivity (Wildman–Crippen MR) is 63.0 cm³/mol. The van der Waals surface area contributed by atoms with Crippen molar-refractivity contribution in [3.8, 4) is 0 Å². The average molecular weight is 211 g/mol. The molecule has 15 heavy (non-hydrogen) atoms. The minimum atomic E-state index is 0.477. The number of hydrogen-bond donors (Lipinski definition) is 1. The van der Waals surface area contributed by atoms with Gasteiger partial charge in [0.15, 0.2) is 0 Å². The highest BCUT2D eigenvalue weighted by Crippen LogP contribution is 2.38. The van der Waals surface area contributed by atoms with Gasteiger partial charge in [-0.15, -0.1) is 0 Å². The first-order chi connectivity index (χ1) is 7.35. The lowest BCUT2D eigenvalue weighted by molar-refractivity contribution is 0.0407. The Labute approximate surface area is 93.8 Å². The number of nitrogens with one attached hydrogen (secondary N) is 1. The van der Waals surface area contributed by atoms with Gasteiger partial charge >= 0.3 is 0 Å². The van der Waals surface area contributed by atoms with Gasteiger partial charge in [-0.05, 0) is 38.1 Å². The zero-order valence-corrected chi connectivity index (χ0v) is 10.1. The Balaban J connectivity index is 1.70. The van der Waals surface area contributed by atoms with E-state index in [-0.39, 0.29) is 0 Å². The van der Waals surface area contributed by atoms with Gasteiger partial charge in [-0.1, -0.05) is 19.8 Å². The van der Waals surface area contributed by atoms with Crippen molar-refractivity contribution >= 4 is 0 Å². The predicted octanol–water partition coefficient (Wildman–Crippen LogP) is 2.58. The van der Waals surface area contributed by atoms with E-state index < -0.39 is 0 Å². The summed E-state index contributed by atoms with van der Waals surface area (Å²) in [6.45, 7) is 6.45. The largest absolute Gasteiger partial charge is 0.381 e. The van der Waals surface area contributed by atoms with Gasteiger partial charge in [-0.2, -0.15) is 0 Å². The minimum Gasteiger partial charge on any atom is -0.381 e. The third-order valence-electron chi connectivity index (χ3n) is 3.87. The normalized spacial score (nSPS) is 24.6. The van der Waals surface area contributed by atoms with E-state index in [4.69, 9.17) is 4.74 Å². The maximum absolute atomic E-state index is 5.90. The van der Waals surface area contributed by atoms with Gasteiger partial charge in [0, 0.05) is 18.6 Å². The van der Waals surface area contributed by atoms with E-state index in [1.165, 1.54) is 38.5 Å². The van der Waals surface area contributed by atoms with E-state index in [9.17, 15) is 0 Å². The maximum atomic E-state index is 5.90. The van der Waals surface area contributed by atoms with E-state index in [0.29, 0.717) is 5.41 Å². The van der Waals surface area contributed by atoms with Gasteiger partial charge < -0.3 is 10.1 Å². The van der Waals surface area contributed by atoms with E-state index in [2.05, 4.69) is 12.2 Å². The first-order valence-electron chi connectivity index (χ1n) is 6.63. The Morgan fingerprint density at radius 1 is 1.27 bits per heavy atom. The summed E-state index contributed by atoms with van der Waals surface area (Å²) in [5.74, 6) is 0.905. The summed E-state index contributed by atoms with van der Waals surface area (Å²) in [6, 6.07) is 0. The van der Waals surface area contributed by atoms with E-state index in [1.54, 1.807) is 0 Å². The molecule has 0 radical (unpaired) electrons. The van der Waals surface area contributed by atoms with Crippen molar-refractivity contribution < 1.29 is 4.74 Å². The van der Waals surface area contributed by atoms with Gasteiger partial charge in [0.25, 0.3) is 0 Å². The standard InChI is InChI=1S/C13H25NO/c1-2-14-10-13(7-3-4-8-13)11-15-9-12-5-6-12/h12,14H,2-11H2,1H3. The molecule has 0 aliphatic heterocycles. The van der Waals surface area contributed by atoms with E-state index in [1.807, 2.05) is 0 Å². The first kappa shape index (κ1) is 11.4. The molecular formula is C13H25NO. The molecule has 2 rings (SSSR count). The molecule has 2 saturated carbocycles. The summed E-state index contributed by atoms with van der Waals surface area (Å²) in [6.07, 6.45) is 8.34. The van der Waals surface area contributed by atoms with Gasteiger partial charge in [-0.25, -0.2) is 0 Å². The molecule has 0 amide bonds. The van der Waals surface area contributed by atoms with Crippen molar-refractivity contribution in [1.29, 1.82) is 0 Å². The van der Waals surface area contributed by atoms with Gasteiger partial charge in [-0.3, -0.25) is 0 Å². The molecule has 0 atom stereocenters. The van der Waals surface area contributed by atoms with Gasteiger partial charge in [0.05, 0.1) is 6.61 Å². The zero-order chi connectivity index (χ0) is 10.6. The lowest BCUT2D eigenvalue weighted by Crippen LogP contribution is -2.36. The highest BCUT2D eigenvalue weighted by atomic mass is 16.5. The molecule has 1 N–H and O–H groups in total. The van der Waals surface area contributed by atoms with Crippen LogP contribution in [0.3, 0.4) is 0 Å². The van der Waals surface area contributed by atoms with Crippen LogP contribution in [0.2, 0.25) is 0 Å². The van der Waals surface area contributed by atoms with Crippen LogP contribution in [0, 0.1) is 11.3 Å². The second-order valence-electron chi connectivity index (χ2n) is 5.45. The fraction of sp³-hybridized carbons (Fsp3) is 1.00. The second-order valence-corrected chi connectivity index (χ2v) is 5.45. The van der Waals surface area contributed by atoms with Crippen LogP contribution in [-0.4, -0.2) is 26.3 Å². The number of hydrogen-bond acceptors (Lipinski definition) is 2. The molecule has 2 aliphatic carbocycles. The van der Waals surface area contributed by atoms with Crippen LogP contribution < -0.4 is 5.32 Å². The molecule has 0 spiro atoms. The van der Waals surface area contributed by atoms with Crippen molar-refractivity contribution in [2.45, 2.75) is 45.4 Å². The van der Waals surface area contributed by atoms with Crippen molar-refractivity contribution in [1.82, 2.24) is 5.32 Å². The lowest BCUT2D eigenvalue weighted by atomic mass is 9.87. The highest BCUT2D eigenvalue weighted by molar-refractivity contribution is 4.86. The highest BCUT2D eigenvalue weighted by Gasteiger charge is 2.34. The third kappa shape index (κ3) is 3.46. The molecule has 2 fully saturated rings. The van der Waals surface area contributed by atoms with Crippen LogP contribution in [0.25, 0.3) is 0 Å². The minimum absolute atomic E-state index is 0.477. The quantitative estimate of drug-likeness (QED) is 0.699. The van der Waals surface area contributed by atoms with Crippen LogP contribution in [-0.2, 0) is 4.74 Å². The molecule has 0 aromatic rings. The van der Waals surface area contributed by atoms with E-state index >= 15 is 0 Å². The third-order valence-corrected chi connectivity index (χ3v) is 3.87. The van der Waals surface area contributed by atoms with Gasteiger partial charge in [0.1, 0.15) is 0 Å². The summed E-state index contributed by atoms with van der Waals surface area (Å²) < 4.78 is 5.90. The SMILES string of the molecule is CCNCC1(COCC2CC2)CCCC1. The maximum Gasteiger partial charge on any atom is 0.0534 e. The molecule has 0 bridgehead atoms. The summed E-state index contributed by atoms with van der Waals surface area (Å²) in [5, 5.41) is 3.50. The summed E-state index contributed by atoms with van der Waals surface area (Å²) in [4.78, 5) is 0. The van der Waals surface area contributed by atoms with Crippen LogP contribution in [0.5, 0.6) is 0 Å². The molecule has 2 aliphatic rings. The molecule has 0 aromatic carbocycles. The lowest BCUT2D eigenvalue weighted by Gasteiger charge is -2.29. The van der Waals surface area contributed by atoms with E-state index in [0.717, 1.165) is 32.2 Å². The monoisotopic (exact) mass is 211 g/mol. The number of rotatable bonds is 7. The Bertz CT molecular complexity index is 183. The Morgan fingerprint density at radius 3 is 2.60 bits per heavy atom. The topological polar surface area (TPSA) is 21.3 Å². The molecule has 0 heterocycles. The first-order valence-corrected chi connectivity index (χ1v) is 6.63. The second kappa shape index (κ2) is 5.31. The van der Waals surface area contributed by atoms with Crippen molar-refractivity contribution in [3.63, 3.8) is 0 Å². The van der Waals surface area contributed by atoms with Crippen LogP contribution in [0.15, 0.2) is 0 Å². The Kier molecular flexibility index (Phi) is 4.04. The van der Waals surface area contributed by atoms with Crippen molar-refractivity contribution in [3.05, 3.63) is 0 Å². The number of ether oxygens (including phenoxy) is 1. The van der Waals surface area contributed by atoms with Gasteiger partial charge in [0.2, 0.25) is 0 Å². The van der Waals surface area contributed by atoms with Crippen LogP contribution >= 0.6 is 0 Å². The Hall–Kier alpha value is -0.0800. The zero-order valence-electron chi connectivity index (χ0n) is 10.1. The van der Waals surface area contributed by atoms with Crippen molar-refractivity contribution in [2.75, 3.05) is 26.3 Å². The fourth-order valence-electron chi connectivity index (χ4n) is 2.61. The van der Waals surface area contributed by atoms with Crippen LogP contribution in [0.4, 0.5) is 0 Å². The van der Waals surface area contributed by atoms with Crippen molar-refractivity contribution in [2.24, 2.45) is 11.3 Å². The van der Waals surface area contributed by atoms with Crippen LogP contribution in [0.1, 0.15) is 45.4 Å². The fourth-order valence-corrected chi connectivity index (χ4v) is 2.61. The molecule has 0 aromatic heterocycles. The molecule has 88 valence electrons. The smallest absolute Gasteiger partial charge is 0.0534 e. The summed E-state index contributed by atoms with van der Waals surface area (Å²) in [5.41, 5.74) is 0.477. The molecule has 2 heteroatoms.